The summed E-state index contributed by atoms with van der Waals surface area (Å²) >= 11 is 0. The van der Waals surface area contributed by atoms with Gasteiger partial charge in [-0.1, -0.05) is 67.0 Å². The predicted octanol–water partition coefficient (Wildman–Crippen LogP) is 7.14. The molecule has 2 saturated heterocycles. The van der Waals surface area contributed by atoms with Gasteiger partial charge in [-0.2, -0.15) is 0 Å². The molecule has 6 nitrogen and oxygen atoms in total. The number of aliphatic carboxylic acids is 1. The van der Waals surface area contributed by atoms with Crippen molar-refractivity contribution in [3.05, 3.63) is 11.6 Å². The molecule has 6 fully saturated rings. The smallest absolute Gasteiger partial charge is 0.314 e. The zero-order valence-corrected chi connectivity index (χ0v) is 26.8. The van der Waals surface area contributed by atoms with E-state index in [9.17, 15) is 19.8 Å². The van der Waals surface area contributed by atoms with Crippen molar-refractivity contribution in [1.82, 2.24) is 0 Å². The number of allylic oxidation sites excluding steroid dienone is 2. The molecule has 41 heavy (non-hydrogen) atoms. The topological polar surface area (TPSA) is 93.1 Å². The molecule has 7 rings (SSSR count). The van der Waals surface area contributed by atoms with Crippen molar-refractivity contribution in [3.8, 4) is 0 Å². The van der Waals surface area contributed by atoms with Crippen LogP contribution in [-0.4, -0.2) is 40.6 Å². The molecule has 1 spiro atoms. The highest BCUT2D eigenvalue weighted by Gasteiger charge is 2.75. The molecule has 7 aliphatic rings. The van der Waals surface area contributed by atoms with Crippen LogP contribution in [0.4, 0.5) is 0 Å². The first-order chi connectivity index (χ1) is 18.9. The molecule has 10 unspecified atom stereocenters. The van der Waals surface area contributed by atoms with Gasteiger partial charge in [-0.15, -0.1) is 0 Å². The summed E-state index contributed by atoms with van der Waals surface area (Å²) in [6.07, 6.45) is 10.0. The van der Waals surface area contributed by atoms with Gasteiger partial charge < -0.3 is 19.7 Å². The van der Waals surface area contributed by atoms with Crippen molar-refractivity contribution in [2.75, 3.05) is 6.61 Å². The summed E-state index contributed by atoms with van der Waals surface area (Å²) in [5.74, 6) is -1.64. The molecular weight excluding hydrogens is 516 g/mol. The minimum Gasteiger partial charge on any atom is -0.481 e. The van der Waals surface area contributed by atoms with Crippen LogP contribution in [0, 0.1) is 56.2 Å². The standard InChI is InChI=1S/C35H54O6/c1-9-21(2)27(36)41-26-19-29(3,4)18-23-22-10-11-25-32(8,31(22,7)14-16-34(23,26)28(37)38)13-12-24-30(5,6)35(39)17-15-33(24,25)20-40-35/h10,21,23-26,39H,9,11-20H2,1-8H3,(H,37,38). The number of ether oxygens (including phenoxy) is 2. The zero-order valence-electron chi connectivity index (χ0n) is 26.8. The van der Waals surface area contributed by atoms with Crippen LogP contribution in [-0.2, 0) is 19.1 Å². The number of carboxylic acid groups (broad SMARTS) is 1. The molecule has 0 radical (unpaired) electrons. The van der Waals surface area contributed by atoms with Crippen LogP contribution in [0.5, 0.6) is 0 Å². The van der Waals surface area contributed by atoms with Gasteiger partial charge in [0.2, 0.25) is 0 Å². The number of esters is 1. The Morgan fingerprint density at radius 1 is 1.02 bits per heavy atom. The normalized spacial score (nSPS) is 49.8. The van der Waals surface area contributed by atoms with Crippen molar-refractivity contribution >= 4 is 11.9 Å². The molecule has 10 atom stereocenters. The number of hydrogen-bond donors (Lipinski definition) is 2. The average molecular weight is 571 g/mol. The SMILES string of the molecule is CCC(C)C(=O)OC1CC(C)(C)CC2C3=CCC4C56CCC(O)(OC5)C(C)(C)C6CCC4(C)C3(C)CCC12C(=O)O. The van der Waals surface area contributed by atoms with E-state index in [1.807, 2.05) is 13.8 Å². The molecule has 230 valence electrons. The lowest BCUT2D eigenvalue weighted by molar-refractivity contribution is -0.395. The van der Waals surface area contributed by atoms with Crippen LogP contribution in [0.2, 0.25) is 0 Å². The largest absolute Gasteiger partial charge is 0.481 e. The molecule has 0 aromatic rings. The van der Waals surface area contributed by atoms with E-state index in [1.165, 1.54) is 5.57 Å². The molecule has 6 heteroatoms. The van der Waals surface area contributed by atoms with Crippen molar-refractivity contribution in [2.45, 2.75) is 131 Å². The molecule has 0 amide bonds. The molecule has 4 saturated carbocycles. The van der Waals surface area contributed by atoms with Crippen LogP contribution < -0.4 is 0 Å². The Bertz CT molecular complexity index is 1160. The van der Waals surface area contributed by atoms with Gasteiger partial charge in [0, 0.05) is 23.2 Å². The number of rotatable bonds is 4. The minimum absolute atomic E-state index is 0.00890. The molecule has 2 aliphatic heterocycles. The first-order valence-corrected chi connectivity index (χ1v) is 16.4. The molecular formula is C35H54O6. The van der Waals surface area contributed by atoms with Gasteiger partial charge in [-0.3, -0.25) is 9.59 Å². The Kier molecular flexibility index (Phi) is 6.39. The van der Waals surface area contributed by atoms with Crippen LogP contribution >= 0.6 is 0 Å². The quantitative estimate of drug-likeness (QED) is 0.276. The van der Waals surface area contributed by atoms with E-state index in [4.69, 9.17) is 9.47 Å². The summed E-state index contributed by atoms with van der Waals surface area (Å²) in [6.45, 7) is 18.3. The maximum absolute atomic E-state index is 13.4. The van der Waals surface area contributed by atoms with Crippen molar-refractivity contribution in [2.24, 2.45) is 56.2 Å². The number of aliphatic hydroxyl groups is 1. The van der Waals surface area contributed by atoms with Crippen LogP contribution in [0.15, 0.2) is 11.6 Å². The number of carbonyl (C=O) groups is 2. The second-order valence-corrected chi connectivity index (χ2v) is 17.0. The van der Waals surface area contributed by atoms with E-state index >= 15 is 0 Å². The Morgan fingerprint density at radius 2 is 1.73 bits per heavy atom. The van der Waals surface area contributed by atoms with Gasteiger partial charge in [-0.05, 0) is 85.9 Å². The minimum atomic E-state index is -1.08. The first kappa shape index (κ1) is 29.7. The Labute approximate surface area is 247 Å². The van der Waals surface area contributed by atoms with E-state index < -0.39 is 23.3 Å². The molecule has 2 bridgehead atoms. The van der Waals surface area contributed by atoms with Gasteiger partial charge >= 0.3 is 11.9 Å². The van der Waals surface area contributed by atoms with Crippen molar-refractivity contribution in [3.63, 3.8) is 0 Å². The zero-order chi connectivity index (χ0) is 30.0. The summed E-state index contributed by atoms with van der Waals surface area (Å²) < 4.78 is 12.6. The molecule has 0 aromatic carbocycles. The highest BCUT2D eigenvalue weighted by molar-refractivity contribution is 5.79. The van der Waals surface area contributed by atoms with Gasteiger partial charge in [0.1, 0.15) is 11.5 Å². The van der Waals surface area contributed by atoms with Crippen molar-refractivity contribution in [1.29, 1.82) is 0 Å². The van der Waals surface area contributed by atoms with Gasteiger partial charge in [0.15, 0.2) is 5.79 Å². The van der Waals surface area contributed by atoms with E-state index in [1.54, 1.807) is 0 Å². The third-order valence-electron chi connectivity index (χ3n) is 14.7. The highest BCUT2D eigenvalue weighted by atomic mass is 16.6. The second-order valence-electron chi connectivity index (χ2n) is 17.0. The predicted molar refractivity (Wildman–Crippen MR) is 157 cm³/mol. The summed E-state index contributed by atoms with van der Waals surface area (Å²) in [5, 5.41) is 22.5. The van der Waals surface area contributed by atoms with Gasteiger partial charge in [0.25, 0.3) is 0 Å². The maximum Gasteiger partial charge on any atom is 0.314 e. The molecule has 2 heterocycles. The van der Waals surface area contributed by atoms with E-state index in [-0.39, 0.29) is 44.9 Å². The monoisotopic (exact) mass is 570 g/mol. The third kappa shape index (κ3) is 3.56. The summed E-state index contributed by atoms with van der Waals surface area (Å²) in [5.41, 5.74) is -0.275. The van der Waals surface area contributed by atoms with Crippen LogP contribution in [0.1, 0.15) is 120 Å². The first-order valence-electron chi connectivity index (χ1n) is 16.4. The average Bonchev–Trinajstić information content (AvgIpc) is 2.88. The number of hydrogen-bond acceptors (Lipinski definition) is 5. The number of fused-ring (bicyclic) bond motifs is 7. The van der Waals surface area contributed by atoms with Crippen LogP contribution in [0.25, 0.3) is 0 Å². The lowest BCUT2D eigenvalue weighted by Crippen LogP contribution is -2.73. The van der Waals surface area contributed by atoms with Gasteiger partial charge in [-0.25, -0.2) is 0 Å². The molecule has 0 aromatic heterocycles. The fourth-order valence-corrected chi connectivity index (χ4v) is 11.8. The lowest BCUT2D eigenvalue weighted by Gasteiger charge is -2.74. The summed E-state index contributed by atoms with van der Waals surface area (Å²) in [6, 6.07) is 0. The lowest BCUT2D eigenvalue weighted by atomic mass is 9.32. The Morgan fingerprint density at radius 3 is 2.34 bits per heavy atom. The highest BCUT2D eigenvalue weighted by Crippen LogP contribution is 2.78. The third-order valence-corrected chi connectivity index (χ3v) is 14.7. The number of carboxylic acids is 1. The summed E-state index contributed by atoms with van der Waals surface area (Å²) in [7, 11) is 0. The Hall–Kier alpha value is -1.40. The van der Waals surface area contributed by atoms with E-state index in [0.717, 1.165) is 38.5 Å². The summed E-state index contributed by atoms with van der Waals surface area (Å²) in [4.78, 5) is 26.5. The number of carbonyl (C=O) groups excluding carboxylic acids is 1. The fraction of sp³-hybridized carbons (Fsp3) is 0.886. The Balaban J connectivity index is 1.43. The van der Waals surface area contributed by atoms with Crippen LogP contribution in [0.3, 0.4) is 0 Å². The molecule has 5 aliphatic carbocycles. The van der Waals surface area contributed by atoms with E-state index in [2.05, 4.69) is 47.6 Å². The fourth-order valence-electron chi connectivity index (χ4n) is 11.8. The van der Waals surface area contributed by atoms with E-state index in [0.29, 0.717) is 44.1 Å². The second kappa shape index (κ2) is 8.83. The maximum atomic E-state index is 13.4. The van der Waals surface area contributed by atoms with Crippen molar-refractivity contribution < 1.29 is 29.3 Å². The molecule has 2 N–H and O–H groups in total. The van der Waals surface area contributed by atoms with Gasteiger partial charge in [0.05, 0.1) is 12.5 Å².